The second-order valence-corrected chi connectivity index (χ2v) is 5.83. The van der Waals surface area contributed by atoms with E-state index in [9.17, 15) is 4.79 Å². The minimum Gasteiger partial charge on any atom is -0.396 e. The zero-order chi connectivity index (χ0) is 14.0. The van der Waals surface area contributed by atoms with Crippen LogP contribution in [0.25, 0.3) is 0 Å². The maximum absolute atomic E-state index is 11.3. The maximum Gasteiger partial charge on any atom is 0.201 e. The van der Waals surface area contributed by atoms with Crippen LogP contribution in [-0.2, 0) is 4.79 Å². The standard InChI is InChI=1S/C15H23N3O/c1-10-8-12(18(2)3)5-6-14(10)17-11-4-7-15(19)13(16)9-11/h4,7,9-10,12,14H,5-6,8,16H2,1-3H3. The van der Waals surface area contributed by atoms with Crippen LogP contribution < -0.4 is 5.73 Å². The molecule has 1 saturated carbocycles. The largest absolute Gasteiger partial charge is 0.396 e. The second kappa shape index (κ2) is 5.70. The Kier molecular flexibility index (Phi) is 4.20. The van der Waals surface area contributed by atoms with Crippen molar-refractivity contribution in [3.8, 4) is 0 Å². The van der Waals surface area contributed by atoms with E-state index in [2.05, 4.69) is 25.9 Å². The molecule has 2 N–H and O–H groups in total. The van der Waals surface area contributed by atoms with Gasteiger partial charge in [-0.1, -0.05) is 6.92 Å². The minimum atomic E-state index is -0.122. The number of rotatable bonds is 2. The lowest BCUT2D eigenvalue weighted by atomic mass is 9.82. The Balaban J connectivity index is 2.05. The zero-order valence-corrected chi connectivity index (χ0v) is 12.0. The molecule has 2 aliphatic rings. The predicted molar refractivity (Wildman–Crippen MR) is 78.1 cm³/mol. The van der Waals surface area contributed by atoms with Gasteiger partial charge in [-0.15, -0.1) is 0 Å². The Hall–Kier alpha value is -1.42. The van der Waals surface area contributed by atoms with Crippen molar-refractivity contribution in [3.63, 3.8) is 0 Å². The van der Waals surface area contributed by atoms with Crippen LogP contribution in [0, 0.1) is 5.92 Å². The smallest absolute Gasteiger partial charge is 0.201 e. The molecule has 0 aromatic carbocycles. The van der Waals surface area contributed by atoms with Crippen LogP contribution in [0.5, 0.6) is 0 Å². The van der Waals surface area contributed by atoms with Gasteiger partial charge in [-0.25, -0.2) is 0 Å². The molecular weight excluding hydrogens is 238 g/mol. The lowest BCUT2D eigenvalue weighted by Crippen LogP contribution is -2.37. The van der Waals surface area contributed by atoms with Gasteiger partial charge in [0.25, 0.3) is 0 Å². The molecule has 0 aromatic heterocycles. The molecule has 0 radical (unpaired) electrons. The van der Waals surface area contributed by atoms with Crippen molar-refractivity contribution in [2.75, 3.05) is 14.1 Å². The number of aliphatic imine (C=N–C) groups is 1. The van der Waals surface area contributed by atoms with Crippen molar-refractivity contribution in [2.45, 2.75) is 38.3 Å². The molecule has 0 heterocycles. The number of hydrogen-bond acceptors (Lipinski definition) is 4. The lowest BCUT2D eigenvalue weighted by Gasteiger charge is -2.35. The molecule has 0 aromatic rings. The van der Waals surface area contributed by atoms with Gasteiger partial charge in [-0.05, 0) is 57.5 Å². The summed E-state index contributed by atoms with van der Waals surface area (Å²) in [5.74, 6) is 0.442. The van der Waals surface area contributed by atoms with Gasteiger partial charge in [0, 0.05) is 6.04 Å². The molecule has 0 spiro atoms. The molecule has 0 saturated heterocycles. The van der Waals surface area contributed by atoms with E-state index < -0.39 is 0 Å². The molecule has 4 heteroatoms. The van der Waals surface area contributed by atoms with Crippen LogP contribution in [-0.4, -0.2) is 42.6 Å². The third kappa shape index (κ3) is 3.32. The van der Waals surface area contributed by atoms with E-state index in [1.54, 1.807) is 12.2 Å². The molecular formula is C15H23N3O. The molecule has 19 heavy (non-hydrogen) atoms. The highest BCUT2D eigenvalue weighted by atomic mass is 16.1. The zero-order valence-electron chi connectivity index (χ0n) is 12.0. The van der Waals surface area contributed by atoms with Gasteiger partial charge in [0.1, 0.15) is 0 Å². The number of nitrogens with two attached hydrogens (primary N) is 1. The molecule has 2 rings (SSSR count). The van der Waals surface area contributed by atoms with E-state index >= 15 is 0 Å². The Labute approximate surface area is 115 Å². The lowest BCUT2D eigenvalue weighted by molar-refractivity contribution is -0.111. The van der Waals surface area contributed by atoms with E-state index in [-0.39, 0.29) is 11.5 Å². The van der Waals surface area contributed by atoms with E-state index in [0.29, 0.717) is 18.0 Å². The second-order valence-electron chi connectivity index (χ2n) is 5.83. The summed E-state index contributed by atoms with van der Waals surface area (Å²) < 4.78 is 0. The van der Waals surface area contributed by atoms with Crippen molar-refractivity contribution in [2.24, 2.45) is 16.6 Å². The summed E-state index contributed by atoms with van der Waals surface area (Å²) in [4.78, 5) is 18.3. The van der Waals surface area contributed by atoms with Crippen molar-refractivity contribution in [1.29, 1.82) is 0 Å². The van der Waals surface area contributed by atoms with Crippen LogP contribution >= 0.6 is 0 Å². The summed E-state index contributed by atoms with van der Waals surface area (Å²) in [5, 5.41) is 0. The Morgan fingerprint density at radius 2 is 2.05 bits per heavy atom. The van der Waals surface area contributed by atoms with Gasteiger partial charge in [-0.2, -0.15) is 0 Å². The van der Waals surface area contributed by atoms with Gasteiger partial charge < -0.3 is 10.6 Å². The normalized spacial score (nSPS) is 33.9. The number of carbonyl (C=O) groups excluding carboxylic acids is 1. The Morgan fingerprint density at radius 1 is 1.32 bits per heavy atom. The van der Waals surface area contributed by atoms with Crippen LogP contribution in [0.3, 0.4) is 0 Å². The Morgan fingerprint density at radius 3 is 2.63 bits per heavy atom. The first-order valence-electron chi connectivity index (χ1n) is 6.91. The highest BCUT2D eigenvalue weighted by Gasteiger charge is 2.28. The van der Waals surface area contributed by atoms with Crippen LogP contribution in [0.1, 0.15) is 26.2 Å². The summed E-state index contributed by atoms with van der Waals surface area (Å²) in [6, 6.07) is 1.00. The number of nitrogens with zero attached hydrogens (tertiary/aromatic N) is 2. The van der Waals surface area contributed by atoms with Crippen molar-refractivity contribution < 1.29 is 4.79 Å². The monoisotopic (exact) mass is 261 g/mol. The summed E-state index contributed by atoms with van der Waals surface area (Å²) in [5.41, 5.74) is 6.76. The first-order valence-corrected chi connectivity index (χ1v) is 6.91. The highest BCUT2D eigenvalue weighted by Crippen LogP contribution is 2.29. The number of allylic oxidation sites excluding steroid dienone is 3. The SMILES string of the molecule is CC1CC(N(C)C)CCC1N=C1C=CC(=O)C(N)=C1. The minimum absolute atomic E-state index is 0.122. The maximum atomic E-state index is 11.3. The summed E-state index contributed by atoms with van der Waals surface area (Å²) in [6.45, 7) is 2.26. The molecule has 0 aliphatic heterocycles. The average molecular weight is 261 g/mol. The fourth-order valence-corrected chi connectivity index (χ4v) is 2.82. The first-order chi connectivity index (χ1) is 8.97. The number of carbonyl (C=O) groups is 1. The molecule has 2 aliphatic carbocycles. The van der Waals surface area contributed by atoms with Crippen molar-refractivity contribution in [3.05, 3.63) is 23.9 Å². The third-order valence-electron chi connectivity index (χ3n) is 4.13. The van der Waals surface area contributed by atoms with Crippen LogP contribution in [0.4, 0.5) is 0 Å². The highest BCUT2D eigenvalue weighted by molar-refractivity contribution is 6.18. The molecule has 1 fully saturated rings. The molecule has 0 bridgehead atoms. The third-order valence-corrected chi connectivity index (χ3v) is 4.13. The van der Waals surface area contributed by atoms with Crippen LogP contribution in [0.15, 0.2) is 28.9 Å². The van der Waals surface area contributed by atoms with Crippen molar-refractivity contribution in [1.82, 2.24) is 4.90 Å². The molecule has 104 valence electrons. The van der Waals surface area contributed by atoms with Crippen molar-refractivity contribution >= 4 is 11.5 Å². The van der Waals surface area contributed by atoms with E-state index in [4.69, 9.17) is 10.7 Å². The number of hydrogen-bond donors (Lipinski definition) is 1. The summed E-state index contributed by atoms with van der Waals surface area (Å²) in [6.07, 6.45) is 8.42. The quantitative estimate of drug-likeness (QED) is 0.767. The average Bonchev–Trinajstić information content (AvgIpc) is 2.36. The Bertz CT molecular complexity index is 448. The van der Waals surface area contributed by atoms with Gasteiger partial charge in [0.05, 0.1) is 17.5 Å². The fourth-order valence-electron chi connectivity index (χ4n) is 2.82. The molecule has 0 amide bonds. The molecule has 3 unspecified atom stereocenters. The summed E-state index contributed by atoms with van der Waals surface area (Å²) >= 11 is 0. The topological polar surface area (TPSA) is 58.7 Å². The molecule has 4 nitrogen and oxygen atoms in total. The van der Waals surface area contributed by atoms with E-state index in [0.717, 1.165) is 12.1 Å². The van der Waals surface area contributed by atoms with Gasteiger partial charge in [0.2, 0.25) is 5.78 Å². The number of ketones is 1. The first kappa shape index (κ1) is 14.0. The van der Waals surface area contributed by atoms with E-state index in [1.165, 1.54) is 18.9 Å². The fraction of sp³-hybridized carbons (Fsp3) is 0.600. The van der Waals surface area contributed by atoms with Crippen LogP contribution in [0.2, 0.25) is 0 Å². The molecule has 3 atom stereocenters. The van der Waals surface area contributed by atoms with Gasteiger partial charge in [0.15, 0.2) is 0 Å². The predicted octanol–water partition coefficient (Wildman–Crippen LogP) is 1.53. The summed E-state index contributed by atoms with van der Waals surface area (Å²) in [7, 11) is 4.28. The van der Waals surface area contributed by atoms with E-state index in [1.807, 2.05) is 0 Å². The van der Waals surface area contributed by atoms with Gasteiger partial charge >= 0.3 is 0 Å². The van der Waals surface area contributed by atoms with Gasteiger partial charge in [-0.3, -0.25) is 9.79 Å².